The zero-order chi connectivity index (χ0) is 25.5. The number of rotatable bonds is 9. The number of hydrogen-bond acceptors (Lipinski definition) is 5. The van der Waals surface area contributed by atoms with Crippen LogP contribution in [-0.2, 0) is 16.1 Å². The molecule has 0 saturated heterocycles. The van der Waals surface area contributed by atoms with E-state index in [0.29, 0.717) is 0 Å². The Labute approximate surface area is 208 Å². The lowest BCUT2D eigenvalue weighted by Gasteiger charge is -2.29. The average molecular weight is 485 g/mol. The standard InChI is InChI=1S/C28H28N4O4/c1-36-18-17-31(27(34)23(21-13-7-3-8-14-21)22-15-9-4-10-16-22)24-25(29)32(28(35)30-26(24)33)19-20-11-5-2-6-12-20/h2-16,23H,17-19,29H2,1H3,(H,30,33,35). The van der Waals surface area contributed by atoms with Crippen LogP contribution in [0.1, 0.15) is 22.6 Å². The highest BCUT2D eigenvalue weighted by Crippen LogP contribution is 2.29. The maximum absolute atomic E-state index is 14.2. The molecule has 184 valence electrons. The lowest BCUT2D eigenvalue weighted by molar-refractivity contribution is -0.119. The number of nitrogens with zero attached hydrogens (tertiary/aromatic N) is 2. The van der Waals surface area contributed by atoms with E-state index in [0.717, 1.165) is 16.7 Å². The van der Waals surface area contributed by atoms with Gasteiger partial charge >= 0.3 is 5.69 Å². The number of carbonyl (C=O) groups is 1. The molecule has 3 aromatic carbocycles. The Morgan fingerprint density at radius 3 is 1.97 bits per heavy atom. The maximum Gasteiger partial charge on any atom is 0.330 e. The number of nitrogens with one attached hydrogen (secondary N) is 1. The van der Waals surface area contributed by atoms with Crippen molar-refractivity contribution in [3.8, 4) is 0 Å². The molecular weight excluding hydrogens is 456 g/mol. The number of H-pyrrole nitrogens is 1. The van der Waals surface area contributed by atoms with Crippen molar-refractivity contribution in [2.75, 3.05) is 30.9 Å². The topological polar surface area (TPSA) is 110 Å². The van der Waals surface area contributed by atoms with Gasteiger partial charge in [0.25, 0.3) is 5.56 Å². The second-order valence-corrected chi connectivity index (χ2v) is 8.30. The maximum atomic E-state index is 14.2. The zero-order valence-electron chi connectivity index (χ0n) is 20.0. The molecule has 0 saturated carbocycles. The van der Waals surface area contributed by atoms with Gasteiger partial charge in [-0.3, -0.25) is 19.1 Å². The summed E-state index contributed by atoms with van der Waals surface area (Å²) in [5.74, 6) is -1.14. The summed E-state index contributed by atoms with van der Waals surface area (Å²) in [6.07, 6.45) is 0. The Balaban J connectivity index is 1.85. The van der Waals surface area contributed by atoms with Gasteiger partial charge in [0.15, 0.2) is 5.69 Å². The molecular formula is C28H28N4O4. The third-order valence-electron chi connectivity index (χ3n) is 5.97. The first kappa shape index (κ1) is 24.7. The van der Waals surface area contributed by atoms with Crippen LogP contribution in [0.15, 0.2) is 101 Å². The van der Waals surface area contributed by atoms with Crippen LogP contribution in [0.2, 0.25) is 0 Å². The number of nitrogen functional groups attached to an aromatic ring is 1. The van der Waals surface area contributed by atoms with Gasteiger partial charge in [0.2, 0.25) is 5.91 Å². The predicted molar refractivity (Wildman–Crippen MR) is 140 cm³/mol. The highest BCUT2D eigenvalue weighted by atomic mass is 16.5. The van der Waals surface area contributed by atoms with E-state index in [1.54, 1.807) is 0 Å². The quantitative estimate of drug-likeness (QED) is 0.380. The smallest absolute Gasteiger partial charge is 0.330 e. The van der Waals surface area contributed by atoms with E-state index in [4.69, 9.17) is 10.5 Å². The van der Waals surface area contributed by atoms with Crippen molar-refractivity contribution in [2.24, 2.45) is 0 Å². The Hall–Kier alpha value is -4.43. The van der Waals surface area contributed by atoms with Crippen molar-refractivity contribution in [3.63, 3.8) is 0 Å². The SMILES string of the molecule is COCCN(C(=O)C(c1ccccc1)c1ccccc1)c1c(N)n(Cc2ccccc2)c(=O)[nH]c1=O. The summed E-state index contributed by atoms with van der Waals surface area (Å²) >= 11 is 0. The number of methoxy groups -OCH3 is 1. The summed E-state index contributed by atoms with van der Waals surface area (Å²) in [5, 5.41) is 0. The van der Waals surface area contributed by atoms with E-state index >= 15 is 0 Å². The number of nitrogens with two attached hydrogens (primary N) is 1. The van der Waals surface area contributed by atoms with Crippen LogP contribution in [-0.4, -0.2) is 35.7 Å². The van der Waals surface area contributed by atoms with Crippen molar-refractivity contribution < 1.29 is 9.53 Å². The predicted octanol–water partition coefficient (Wildman–Crippen LogP) is 2.98. The van der Waals surface area contributed by atoms with Crippen LogP contribution in [0.4, 0.5) is 11.5 Å². The van der Waals surface area contributed by atoms with E-state index in [1.165, 1.54) is 16.6 Å². The van der Waals surface area contributed by atoms with Gasteiger partial charge in [0.1, 0.15) is 5.82 Å². The fourth-order valence-electron chi connectivity index (χ4n) is 4.20. The molecule has 0 aliphatic rings. The van der Waals surface area contributed by atoms with Crippen LogP contribution < -0.4 is 21.9 Å². The van der Waals surface area contributed by atoms with Gasteiger partial charge in [-0.05, 0) is 16.7 Å². The molecule has 3 N–H and O–H groups in total. The van der Waals surface area contributed by atoms with Crippen LogP contribution in [0, 0.1) is 0 Å². The second-order valence-electron chi connectivity index (χ2n) is 8.30. The van der Waals surface area contributed by atoms with Gasteiger partial charge in [-0.25, -0.2) is 4.79 Å². The van der Waals surface area contributed by atoms with Gasteiger partial charge in [-0.1, -0.05) is 91.0 Å². The molecule has 0 atom stereocenters. The largest absolute Gasteiger partial charge is 0.383 e. The Bertz CT molecular complexity index is 1380. The van der Waals surface area contributed by atoms with E-state index < -0.39 is 17.2 Å². The summed E-state index contributed by atoms with van der Waals surface area (Å²) in [6.45, 7) is 0.378. The second kappa shape index (κ2) is 11.3. The van der Waals surface area contributed by atoms with Crippen LogP contribution in [0.3, 0.4) is 0 Å². The summed E-state index contributed by atoms with van der Waals surface area (Å²) in [5.41, 5.74) is 7.33. The van der Waals surface area contributed by atoms with E-state index in [9.17, 15) is 14.4 Å². The van der Waals surface area contributed by atoms with Crippen LogP contribution in [0.5, 0.6) is 0 Å². The minimum atomic E-state index is -0.730. The first-order chi connectivity index (χ1) is 17.5. The molecule has 0 radical (unpaired) electrons. The third-order valence-corrected chi connectivity index (χ3v) is 5.97. The summed E-state index contributed by atoms with van der Waals surface area (Å²) < 4.78 is 6.51. The summed E-state index contributed by atoms with van der Waals surface area (Å²) in [7, 11) is 1.51. The summed E-state index contributed by atoms with van der Waals surface area (Å²) in [6, 6.07) is 27.9. The molecule has 8 nitrogen and oxygen atoms in total. The molecule has 1 amide bonds. The average Bonchev–Trinajstić information content (AvgIpc) is 2.90. The Kier molecular flexibility index (Phi) is 7.77. The number of carbonyl (C=O) groups excluding carboxylic acids is 1. The van der Waals surface area contributed by atoms with Gasteiger partial charge in [-0.15, -0.1) is 0 Å². The number of amides is 1. The molecule has 1 aromatic heterocycles. The van der Waals surface area contributed by atoms with Crippen molar-refractivity contribution in [3.05, 3.63) is 129 Å². The lowest BCUT2D eigenvalue weighted by atomic mass is 9.90. The van der Waals surface area contributed by atoms with Gasteiger partial charge in [0, 0.05) is 13.7 Å². The van der Waals surface area contributed by atoms with Crippen molar-refractivity contribution >= 4 is 17.4 Å². The van der Waals surface area contributed by atoms with Gasteiger partial charge in [0.05, 0.1) is 19.1 Å². The molecule has 1 heterocycles. The Morgan fingerprint density at radius 1 is 0.917 bits per heavy atom. The minimum Gasteiger partial charge on any atom is -0.383 e. The molecule has 0 spiro atoms. The van der Waals surface area contributed by atoms with Crippen LogP contribution in [0.25, 0.3) is 0 Å². The fraction of sp³-hybridized carbons (Fsp3) is 0.179. The normalized spacial score (nSPS) is 10.9. The number of aromatic nitrogens is 2. The highest BCUT2D eigenvalue weighted by molar-refractivity contribution is 6.01. The first-order valence-electron chi connectivity index (χ1n) is 11.6. The molecule has 0 bridgehead atoms. The lowest BCUT2D eigenvalue weighted by Crippen LogP contribution is -2.44. The summed E-state index contributed by atoms with van der Waals surface area (Å²) in [4.78, 5) is 43.6. The van der Waals surface area contributed by atoms with Crippen molar-refractivity contribution in [2.45, 2.75) is 12.5 Å². The number of ether oxygens (including phenoxy) is 1. The number of aromatic amines is 1. The Morgan fingerprint density at radius 2 is 1.44 bits per heavy atom. The molecule has 8 heteroatoms. The molecule has 4 rings (SSSR count). The first-order valence-corrected chi connectivity index (χ1v) is 11.6. The van der Waals surface area contributed by atoms with E-state index in [1.807, 2.05) is 91.0 Å². The van der Waals surface area contributed by atoms with Crippen molar-refractivity contribution in [1.29, 1.82) is 0 Å². The fourth-order valence-corrected chi connectivity index (χ4v) is 4.20. The molecule has 0 aliphatic carbocycles. The van der Waals surface area contributed by atoms with E-state index in [2.05, 4.69) is 4.98 Å². The molecule has 0 fully saturated rings. The molecule has 4 aromatic rings. The van der Waals surface area contributed by atoms with Gasteiger partial charge in [-0.2, -0.15) is 0 Å². The molecule has 0 unspecified atom stereocenters. The zero-order valence-corrected chi connectivity index (χ0v) is 20.0. The monoisotopic (exact) mass is 484 g/mol. The van der Waals surface area contributed by atoms with Crippen molar-refractivity contribution in [1.82, 2.24) is 9.55 Å². The van der Waals surface area contributed by atoms with Gasteiger partial charge < -0.3 is 15.4 Å². The molecule has 36 heavy (non-hydrogen) atoms. The van der Waals surface area contributed by atoms with Crippen LogP contribution >= 0.6 is 0 Å². The number of benzene rings is 3. The number of hydrogen-bond donors (Lipinski definition) is 2. The minimum absolute atomic E-state index is 0.0717. The molecule has 0 aliphatic heterocycles. The highest BCUT2D eigenvalue weighted by Gasteiger charge is 2.31. The third kappa shape index (κ3) is 5.29. The number of anilines is 2. The van der Waals surface area contributed by atoms with E-state index in [-0.39, 0.29) is 37.1 Å².